The maximum atomic E-state index is 13.4. The fourth-order valence-corrected chi connectivity index (χ4v) is 2.73. The van der Waals surface area contributed by atoms with Gasteiger partial charge >= 0.3 is 0 Å². The van der Waals surface area contributed by atoms with Crippen molar-refractivity contribution in [2.75, 3.05) is 6.54 Å². The van der Waals surface area contributed by atoms with Crippen molar-refractivity contribution in [1.29, 1.82) is 0 Å². The lowest BCUT2D eigenvalue weighted by Gasteiger charge is -2.31. The number of benzene rings is 1. The molecule has 0 radical (unpaired) electrons. The van der Waals surface area contributed by atoms with Gasteiger partial charge in [-0.1, -0.05) is 37.8 Å². The topological polar surface area (TPSA) is 12.0 Å². The Morgan fingerprint density at radius 2 is 2.22 bits per heavy atom. The number of hydrogen-bond acceptors (Lipinski definition) is 1. The van der Waals surface area contributed by atoms with E-state index in [0.717, 1.165) is 30.9 Å². The van der Waals surface area contributed by atoms with Crippen LogP contribution in [0.5, 0.6) is 0 Å². The molecule has 0 aliphatic heterocycles. The molecule has 0 heterocycles. The average Bonchev–Trinajstić information content (AvgIpc) is 2.31. The van der Waals surface area contributed by atoms with Crippen molar-refractivity contribution in [3.63, 3.8) is 0 Å². The lowest BCUT2D eigenvalue weighted by atomic mass is 9.79. The first-order chi connectivity index (χ1) is 8.70. The molecule has 1 nitrogen and oxygen atoms in total. The third kappa shape index (κ3) is 3.46. The van der Waals surface area contributed by atoms with E-state index in [-0.39, 0.29) is 11.9 Å². The Morgan fingerprint density at radius 1 is 1.44 bits per heavy atom. The normalized spacial score (nSPS) is 17.5. The van der Waals surface area contributed by atoms with E-state index in [4.69, 9.17) is 11.6 Å². The number of rotatable bonds is 6. The Balaban J connectivity index is 2.11. The van der Waals surface area contributed by atoms with Crippen LogP contribution < -0.4 is 5.32 Å². The van der Waals surface area contributed by atoms with Crippen LogP contribution in [0.1, 0.15) is 50.6 Å². The molecule has 1 atom stereocenters. The van der Waals surface area contributed by atoms with Crippen LogP contribution in [0.4, 0.5) is 4.39 Å². The Labute approximate surface area is 114 Å². The lowest BCUT2D eigenvalue weighted by molar-refractivity contribution is 0.261. The second kappa shape index (κ2) is 6.53. The van der Waals surface area contributed by atoms with Crippen LogP contribution in [0.3, 0.4) is 0 Å². The summed E-state index contributed by atoms with van der Waals surface area (Å²) in [6.45, 7) is 3.09. The molecule has 1 fully saturated rings. The van der Waals surface area contributed by atoms with Crippen molar-refractivity contribution < 1.29 is 4.39 Å². The predicted molar refractivity (Wildman–Crippen MR) is 74.4 cm³/mol. The highest BCUT2D eigenvalue weighted by Gasteiger charge is 2.24. The summed E-state index contributed by atoms with van der Waals surface area (Å²) < 4.78 is 13.4. The van der Waals surface area contributed by atoms with E-state index in [9.17, 15) is 4.39 Å². The van der Waals surface area contributed by atoms with E-state index in [0.29, 0.717) is 5.02 Å². The predicted octanol–water partition coefficient (Wildman–Crippen LogP) is 4.71. The van der Waals surface area contributed by atoms with E-state index in [1.807, 2.05) is 0 Å². The molecule has 2 rings (SSSR count). The number of halogens is 2. The highest BCUT2D eigenvalue weighted by molar-refractivity contribution is 6.31. The van der Waals surface area contributed by atoms with Gasteiger partial charge in [0.15, 0.2) is 0 Å². The van der Waals surface area contributed by atoms with Gasteiger partial charge in [-0.25, -0.2) is 4.39 Å². The van der Waals surface area contributed by atoms with E-state index < -0.39 is 0 Å². The molecule has 18 heavy (non-hydrogen) atoms. The minimum absolute atomic E-state index is 0.193. The molecule has 1 aliphatic rings. The molecule has 1 N–H and O–H groups in total. The number of hydrogen-bond donors (Lipinski definition) is 1. The Bertz CT molecular complexity index is 390. The van der Waals surface area contributed by atoms with Crippen LogP contribution >= 0.6 is 11.6 Å². The van der Waals surface area contributed by atoms with Gasteiger partial charge in [0.25, 0.3) is 0 Å². The first-order valence-corrected chi connectivity index (χ1v) is 7.26. The zero-order chi connectivity index (χ0) is 13.0. The van der Waals surface area contributed by atoms with E-state index >= 15 is 0 Å². The highest BCUT2D eigenvalue weighted by Crippen LogP contribution is 2.36. The minimum atomic E-state index is -0.202. The van der Waals surface area contributed by atoms with Gasteiger partial charge in [0.05, 0.1) is 0 Å². The third-order valence-corrected chi connectivity index (χ3v) is 4.11. The average molecular weight is 270 g/mol. The van der Waals surface area contributed by atoms with Crippen molar-refractivity contribution in [2.45, 2.75) is 45.1 Å². The van der Waals surface area contributed by atoms with Crippen LogP contribution in [0.2, 0.25) is 5.02 Å². The van der Waals surface area contributed by atoms with Crippen LogP contribution in [0.25, 0.3) is 0 Å². The summed E-state index contributed by atoms with van der Waals surface area (Å²) in [7, 11) is 0. The van der Waals surface area contributed by atoms with Crippen LogP contribution in [0.15, 0.2) is 18.2 Å². The zero-order valence-electron chi connectivity index (χ0n) is 10.9. The van der Waals surface area contributed by atoms with Crippen molar-refractivity contribution in [3.05, 3.63) is 34.6 Å². The molecule has 0 amide bonds. The first kappa shape index (κ1) is 13.8. The quantitative estimate of drug-likeness (QED) is 0.789. The molecular formula is C15H21ClFN. The molecule has 0 aromatic heterocycles. The molecule has 1 aromatic carbocycles. The molecule has 0 saturated heterocycles. The summed E-state index contributed by atoms with van der Waals surface area (Å²) in [6, 6.07) is 4.85. The monoisotopic (exact) mass is 269 g/mol. The molecule has 1 aromatic rings. The van der Waals surface area contributed by atoms with Gasteiger partial charge in [-0.05, 0) is 49.1 Å². The fourth-order valence-electron chi connectivity index (χ4n) is 2.48. The maximum absolute atomic E-state index is 13.4. The smallest absolute Gasteiger partial charge is 0.123 e. The fraction of sp³-hybridized carbons (Fsp3) is 0.600. The van der Waals surface area contributed by atoms with Gasteiger partial charge in [-0.15, -0.1) is 0 Å². The largest absolute Gasteiger partial charge is 0.310 e. The Kier molecular flexibility index (Phi) is 5.02. The van der Waals surface area contributed by atoms with Crippen molar-refractivity contribution in [2.24, 2.45) is 5.92 Å². The second-order valence-electron chi connectivity index (χ2n) is 5.21. The summed E-state index contributed by atoms with van der Waals surface area (Å²) in [5.74, 6) is 0.574. The van der Waals surface area contributed by atoms with Gasteiger partial charge in [-0.3, -0.25) is 0 Å². The zero-order valence-corrected chi connectivity index (χ0v) is 11.6. The first-order valence-electron chi connectivity index (χ1n) is 6.89. The van der Waals surface area contributed by atoms with E-state index in [1.165, 1.54) is 25.3 Å². The minimum Gasteiger partial charge on any atom is -0.310 e. The third-order valence-electron chi connectivity index (χ3n) is 3.77. The standard InChI is InChI=1S/C15H21ClFN/c1-2-8-18-15(9-11-4-3-5-11)13-10-12(17)6-7-14(13)16/h6-7,10-11,15,18H,2-5,8-9H2,1H3. The molecule has 3 heteroatoms. The molecule has 0 bridgehead atoms. The summed E-state index contributed by atoms with van der Waals surface area (Å²) in [5.41, 5.74) is 0.914. The summed E-state index contributed by atoms with van der Waals surface area (Å²) >= 11 is 6.21. The maximum Gasteiger partial charge on any atom is 0.123 e. The SMILES string of the molecule is CCCNC(CC1CCC1)c1cc(F)ccc1Cl. The molecule has 1 unspecified atom stereocenters. The van der Waals surface area contributed by atoms with Crippen LogP contribution in [-0.2, 0) is 0 Å². The van der Waals surface area contributed by atoms with Crippen LogP contribution in [-0.4, -0.2) is 6.54 Å². The van der Waals surface area contributed by atoms with Gasteiger partial charge in [-0.2, -0.15) is 0 Å². The Morgan fingerprint density at radius 3 is 2.83 bits per heavy atom. The molecule has 0 spiro atoms. The number of nitrogens with one attached hydrogen (secondary N) is 1. The van der Waals surface area contributed by atoms with Gasteiger partial charge < -0.3 is 5.32 Å². The van der Waals surface area contributed by atoms with Gasteiger partial charge in [0.1, 0.15) is 5.82 Å². The molecule has 100 valence electrons. The van der Waals surface area contributed by atoms with Crippen molar-refractivity contribution in [3.8, 4) is 0 Å². The highest BCUT2D eigenvalue weighted by atomic mass is 35.5. The lowest BCUT2D eigenvalue weighted by Crippen LogP contribution is -2.27. The molecular weight excluding hydrogens is 249 g/mol. The van der Waals surface area contributed by atoms with Gasteiger partial charge in [0.2, 0.25) is 0 Å². The Hall–Kier alpha value is -0.600. The van der Waals surface area contributed by atoms with E-state index in [2.05, 4.69) is 12.2 Å². The summed E-state index contributed by atoms with van der Waals surface area (Å²) in [5, 5.41) is 4.17. The van der Waals surface area contributed by atoms with Crippen molar-refractivity contribution >= 4 is 11.6 Å². The summed E-state index contributed by atoms with van der Waals surface area (Å²) in [4.78, 5) is 0. The summed E-state index contributed by atoms with van der Waals surface area (Å²) in [6.07, 6.45) is 6.09. The second-order valence-corrected chi connectivity index (χ2v) is 5.61. The molecule has 1 aliphatic carbocycles. The molecule has 1 saturated carbocycles. The van der Waals surface area contributed by atoms with Crippen molar-refractivity contribution in [1.82, 2.24) is 5.32 Å². The van der Waals surface area contributed by atoms with Crippen LogP contribution in [0, 0.1) is 11.7 Å². The van der Waals surface area contributed by atoms with E-state index in [1.54, 1.807) is 12.1 Å². The van der Waals surface area contributed by atoms with Gasteiger partial charge in [0, 0.05) is 11.1 Å².